The molecule has 2 saturated heterocycles. The van der Waals surface area contributed by atoms with Crippen LogP contribution in [-0.2, 0) is 26.9 Å². The molecule has 0 aliphatic carbocycles. The van der Waals surface area contributed by atoms with Crippen LogP contribution in [0.1, 0.15) is 49.3 Å². The Labute approximate surface area is 177 Å². The Morgan fingerprint density at radius 2 is 1.80 bits per heavy atom. The van der Waals surface area contributed by atoms with Crippen molar-refractivity contribution in [1.29, 1.82) is 0 Å². The van der Waals surface area contributed by atoms with Crippen LogP contribution in [0.5, 0.6) is 0 Å². The van der Waals surface area contributed by atoms with E-state index < -0.39 is 29.4 Å². The molecule has 2 heterocycles. The van der Waals surface area contributed by atoms with Crippen molar-refractivity contribution in [3.63, 3.8) is 0 Å². The fraction of sp³-hybridized carbons (Fsp3) is 0.391. The number of benzene rings is 2. The van der Waals surface area contributed by atoms with E-state index in [1.165, 1.54) is 12.1 Å². The number of fused-ring (bicyclic) bond motifs is 2. The number of rotatable bonds is 3. The maximum absolute atomic E-state index is 13.2. The van der Waals surface area contributed by atoms with Gasteiger partial charge in [0.05, 0.1) is 10.6 Å². The van der Waals surface area contributed by atoms with Crippen LogP contribution in [-0.4, -0.2) is 23.3 Å². The van der Waals surface area contributed by atoms with Gasteiger partial charge in [0.15, 0.2) is 11.6 Å². The lowest BCUT2D eigenvalue weighted by molar-refractivity contribution is -0.160. The van der Waals surface area contributed by atoms with Crippen LogP contribution in [0.4, 0.5) is 13.2 Å². The average molecular weight is 437 g/mol. The lowest BCUT2D eigenvalue weighted by Gasteiger charge is -2.34. The largest absolute Gasteiger partial charge is 0.417 e. The van der Waals surface area contributed by atoms with Crippen LogP contribution in [0.3, 0.4) is 0 Å². The van der Waals surface area contributed by atoms with Gasteiger partial charge >= 0.3 is 6.18 Å². The van der Waals surface area contributed by atoms with Crippen molar-refractivity contribution in [2.75, 3.05) is 0 Å². The Bertz CT molecular complexity index is 1050. The van der Waals surface area contributed by atoms with E-state index in [9.17, 15) is 22.8 Å². The van der Waals surface area contributed by atoms with Crippen molar-refractivity contribution in [3.05, 3.63) is 58.1 Å². The summed E-state index contributed by atoms with van der Waals surface area (Å²) in [4.78, 5) is 25.9. The van der Waals surface area contributed by atoms with Gasteiger partial charge in [-0.25, -0.2) is 0 Å². The summed E-state index contributed by atoms with van der Waals surface area (Å²) in [5.74, 6) is -1.37. The quantitative estimate of drug-likeness (QED) is 0.574. The molecule has 0 aromatic heterocycles. The van der Waals surface area contributed by atoms with Gasteiger partial charge in [-0.2, -0.15) is 13.2 Å². The number of Topliss-reactive ketones (excluding diaryl/α,β-unsaturated/α-hetero) is 2. The molecule has 0 radical (unpaired) electrons. The molecule has 0 saturated carbocycles. The zero-order valence-electron chi connectivity index (χ0n) is 16.5. The van der Waals surface area contributed by atoms with Crippen molar-refractivity contribution in [1.82, 2.24) is 0 Å². The number of aryl methyl sites for hydroxylation is 1. The smallest absolute Gasteiger partial charge is 0.356 e. The van der Waals surface area contributed by atoms with E-state index in [0.717, 1.165) is 11.6 Å². The third-order valence-electron chi connectivity index (χ3n) is 6.11. The third-order valence-corrected chi connectivity index (χ3v) is 6.44. The molecule has 4 rings (SSSR count). The van der Waals surface area contributed by atoms with E-state index >= 15 is 0 Å². The van der Waals surface area contributed by atoms with Gasteiger partial charge in [0.1, 0.15) is 17.6 Å². The van der Waals surface area contributed by atoms with E-state index in [4.69, 9.17) is 16.3 Å². The fourth-order valence-corrected chi connectivity index (χ4v) is 4.65. The predicted octanol–water partition coefficient (Wildman–Crippen LogP) is 5.76. The van der Waals surface area contributed by atoms with Crippen molar-refractivity contribution in [2.24, 2.45) is 0 Å². The molecule has 2 aliphatic heterocycles. The van der Waals surface area contributed by atoms with Crippen LogP contribution in [0.2, 0.25) is 5.02 Å². The first kappa shape index (κ1) is 21.1. The molecule has 158 valence electrons. The van der Waals surface area contributed by atoms with Crippen LogP contribution >= 0.6 is 11.6 Å². The molecule has 1 unspecified atom stereocenters. The number of ether oxygens (including phenoxy) is 1. The summed E-state index contributed by atoms with van der Waals surface area (Å²) in [5, 5.41) is -0.360. The minimum atomic E-state index is -4.56. The predicted molar refractivity (Wildman–Crippen MR) is 107 cm³/mol. The first-order valence-corrected chi connectivity index (χ1v) is 10.2. The maximum Gasteiger partial charge on any atom is 0.417 e. The summed E-state index contributed by atoms with van der Waals surface area (Å²) in [6, 6.07) is 8.85. The van der Waals surface area contributed by atoms with E-state index in [1.807, 2.05) is 6.92 Å². The Kier molecular flexibility index (Phi) is 5.06. The second kappa shape index (κ2) is 7.20. The molecule has 2 aliphatic rings. The van der Waals surface area contributed by atoms with Crippen molar-refractivity contribution in [2.45, 2.75) is 56.9 Å². The SMILES string of the molecule is CCc1cc(-c2ccc(Cl)c(C(F)(F)F)c2)ccc1C1C(=O)[C@@H]2CC[C@@](C)(O2)C1=O. The van der Waals surface area contributed by atoms with Gasteiger partial charge in [-0.1, -0.05) is 42.8 Å². The topological polar surface area (TPSA) is 43.4 Å². The van der Waals surface area contributed by atoms with Gasteiger partial charge < -0.3 is 4.74 Å². The van der Waals surface area contributed by atoms with Crippen LogP contribution in [0.15, 0.2) is 36.4 Å². The van der Waals surface area contributed by atoms with Crippen molar-refractivity contribution >= 4 is 23.2 Å². The Morgan fingerprint density at radius 3 is 2.47 bits per heavy atom. The summed E-state index contributed by atoms with van der Waals surface area (Å²) >= 11 is 5.73. The molecule has 0 spiro atoms. The van der Waals surface area contributed by atoms with Crippen molar-refractivity contribution < 1.29 is 27.5 Å². The monoisotopic (exact) mass is 436 g/mol. The third kappa shape index (κ3) is 3.36. The number of alkyl halides is 3. The highest BCUT2D eigenvalue weighted by atomic mass is 35.5. The summed E-state index contributed by atoms with van der Waals surface area (Å²) in [5.41, 5.74) is 0.451. The lowest BCUT2D eigenvalue weighted by Crippen LogP contribution is -2.49. The van der Waals surface area contributed by atoms with E-state index in [1.54, 1.807) is 25.1 Å². The highest BCUT2D eigenvalue weighted by molar-refractivity contribution is 6.31. The summed E-state index contributed by atoms with van der Waals surface area (Å²) in [7, 11) is 0. The van der Waals surface area contributed by atoms with E-state index in [2.05, 4.69) is 0 Å². The number of hydrogen-bond donors (Lipinski definition) is 0. The molecule has 3 atom stereocenters. The van der Waals surface area contributed by atoms with Crippen LogP contribution in [0, 0.1) is 0 Å². The number of hydrogen-bond acceptors (Lipinski definition) is 3. The molecular formula is C23H20ClF3O3. The second-order valence-electron chi connectivity index (χ2n) is 8.04. The minimum absolute atomic E-state index is 0.233. The Balaban J connectivity index is 1.77. The normalized spacial score (nSPS) is 26.3. The van der Waals surface area contributed by atoms with Gasteiger partial charge in [-0.05, 0) is 60.6 Å². The highest BCUT2D eigenvalue weighted by Gasteiger charge is 2.55. The van der Waals surface area contributed by atoms with Crippen LogP contribution in [0.25, 0.3) is 11.1 Å². The Morgan fingerprint density at radius 1 is 1.13 bits per heavy atom. The number of carbonyl (C=O) groups is 2. The summed E-state index contributed by atoms with van der Waals surface area (Å²) < 4.78 is 45.3. The van der Waals surface area contributed by atoms with Gasteiger partial charge in [0.25, 0.3) is 0 Å². The molecule has 2 aromatic carbocycles. The van der Waals surface area contributed by atoms with Gasteiger partial charge in [0, 0.05) is 0 Å². The van der Waals surface area contributed by atoms with E-state index in [-0.39, 0.29) is 16.6 Å². The molecule has 2 aromatic rings. The zero-order valence-corrected chi connectivity index (χ0v) is 17.2. The molecule has 0 N–H and O–H groups in total. The molecule has 7 heteroatoms. The molecular weight excluding hydrogens is 417 g/mol. The van der Waals surface area contributed by atoms with Gasteiger partial charge in [0.2, 0.25) is 0 Å². The summed E-state index contributed by atoms with van der Waals surface area (Å²) in [6.07, 6.45) is -3.56. The first-order chi connectivity index (χ1) is 14.0. The zero-order chi connectivity index (χ0) is 21.8. The molecule has 2 bridgehead atoms. The van der Waals surface area contributed by atoms with E-state index in [0.29, 0.717) is 36.0 Å². The highest BCUT2D eigenvalue weighted by Crippen LogP contribution is 2.44. The molecule has 30 heavy (non-hydrogen) atoms. The molecule has 0 amide bonds. The van der Waals surface area contributed by atoms with Crippen LogP contribution < -0.4 is 0 Å². The number of halogens is 4. The van der Waals surface area contributed by atoms with Gasteiger partial charge in [-0.15, -0.1) is 0 Å². The number of ketones is 2. The van der Waals surface area contributed by atoms with Gasteiger partial charge in [-0.3, -0.25) is 9.59 Å². The first-order valence-electron chi connectivity index (χ1n) is 9.81. The maximum atomic E-state index is 13.2. The number of carbonyl (C=O) groups excluding carboxylic acids is 2. The molecule has 2 fully saturated rings. The average Bonchev–Trinajstić information content (AvgIpc) is 3.07. The molecule has 3 nitrogen and oxygen atoms in total. The van der Waals surface area contributed by atoms with Crippen molar-refractivity contribution in [3.8, 4) is 11.1 Å². The summed E-state index contributed by atoms with van der Waals surface area (Å²) in [6.45, 7) is 3.61. The Hall–Kier alpha value is -2.18. The lowest BCUT2D eigenvalue weighted by atomic mass is 9.78. The fourth-order valence-electron chi connectivity index (χ4n) is 4.43. The minimum Gasteiger partial charge on any atom is -0.356 e. The standard InChI is InChI=1S/C23H20ClF3O3/c1-3-12-10-13(14-5-7-17(24)16(11-14)23(25,26)27)4-6-15(12)19-20(28)18-8-9-22(2,30-18)21(19)29/h4-7,10-11,18-19H,3,8-9H2,1-2H3/t18-,19?,22+/m0/s1. The second-order valence-corrected chi connectivity index (χ2v) is 8.44.